The van der Waals surface area contributed by atoms with Crippen LogP contribution in [0.3, 0.4) is 0 Å². The first-order valence-corrected chi connectivity index (χ1v) is 12.9. The van der Waals surface area contributed by atoms with Gasteiger partial charge in [-0.05, 0) is 79.7 Å². The van der Waals surface area contributed by atoms with Gasteiger partial charge in [0.2, 0.25) is 5.91 Å². The molecular formula is C29H33N3O3. The van der Waals surface area contributed by atoms with Crippen LogP contribution in [0.5, 0.6) is 0 Å². The molecule has 4 aliphatic carbocycles. The molecule has 1 atom stereocenters. The predicted molar refractivity (Wildman–Crippen MR) is 132 cm³/mol. The molecule has 1 saturated heterocycles. The fourth-order valence-corrected chi connectivity index (χ4v) is 7.95. The minimum absolute atomic E-state index is 0.0390. The van der Waals surface area contributed by atoms with E-state index in [-0.39, 0.29) is 23.9 Å². The monoisotopic (exact) mass is 471 g/mol. The van der Waals surface area contributed by atoms with Gasteiger partial charge in [-0.25, -0.2) is 4.79 Å². The average molecular weight is 472 g/mol. The Balaban J connectivity index is 1.22. The number of benzene rings is 2. The van der Waals surface area contributed by atoms with Crippen LogP contribution in [0.15, 0.2) is 60.7 Å². The summed E-state index contributed by atoms with van der Waals surface area (Å²) in [4.78, 5) is 41.2. The van der Waals surface area contributed by atoms with Gasteiger partial charge in [-0.2, -0.15) is 0 Å². The lowest BCUT2D eigenvalue weighted by Crippen LogP contribution is -2.57. The van der Waals surface area contributed by atoms with Crippen molar-refractivity contribution in [3.8, 4) is 0 Å². The van der Waals surface area contributed by atoms with E-state index >= 15 is 0 Å². The van der Waals surface area contributed by atoms with E-state index in [0.717, 1.165) is 22.7 Å². The number of carbonyl (C=O) groups excluding carboxylic acids is 3. The summed E-state index contributed by atoms with van der Waals surface area (Å²) in [6.45, 7) is 1.85. The Morgan fingerprint density at radius 3 is 1.89 bits per heavy atom. The molecule has 4 bridgehead atoms. The second-order valence-corrected chi connectivity index (χ2v) is 11.4. The van der Waals surface area contributed by atoms with Crippen LogP contribution in [-0.2, 0) is 15.1 Å². The van der Waals surface area contributed by atoms with Crippen LogP contribution >= 0.6 is 0 Å². The lowest BCUT2D eigenvalue weighted by atomic mass is 9.48. The van der Waals surface area contributed by atoms with Crippen molar-refractivity contribution in [3.63, 3.8) is 0 Å². The molecule has 4 amide bonds. The van der Waals surface area contributed by atoms with E-state index in [2.05, 4.69) is 17.6 Å². The first kappa shape index (κ1) is 22.3. The number of rotatable bonds is 6. The number of imide groups is 1. The molecule has 2 N–H and O–H groups in total. The average Bonchev–Trinajstić information content (AvgIpc) is 3.10. The van der Waals surface area contributed by atoms with Gasteiger partial charge < -0.3 is 10.6 Å². The molecular weight excluding hydrogens is 438 g/mol. The van der Waals surface area contributed by atoms with E-state index in [0.29, 0.717) is 11.1 Å². The summed E-state index contributed by atoms with van der Waals surface area (Å²) in [5, 5.41) is 6.12. The van der Waals surface area contributed by atoms with Crippen LogP contribution in [0.25, 0.3) is 0 Å². The summed E-state index contributed by atoms with van der Waals surface area (Å²) >= 11 is 0. The molecule has 5 aliphatic rings. The summed E-state index contributed by atoms with van der Waals surface area (Å²) in [5.41, 5.74) is 0.175. The SMILES string of the molecule is C[C@@H](NC(=O)CN1C(=O)NC(c2ccccc2)(c2ccccc2)C1=O)C12CC3CC(CC(C3)C1)C2. The van der Waals surface area contributed by atoms with Crippen molar-refractivity contribution >= 4 is 17.8 Å². The van der Waals surface area contributed by atoms with Gasteiger partial charge in [0.15, 0.2) is 5.54 Å². The van der Waals surface area contributed by atoms with Gasteiger partial charge in [-0.1, -0.05) is 60.7 Å². The molecule has 7 rings (SSSR count). The second-order valence-electron chi connectivity index (χ2n) is 11.4. The summed E-state index contributed by atoms with van der Waals surface area (Å²) in [6, 6.07) is 18.0. The van der Waals surface area contributed by atoms with E-state index in [9.17, 15) is 14.4 Å². The highest BCUT2D eigenvalue weighted by Gasteiger charge is 2.55. The number of hydrogen-bond donors (Lipinski definition) is 2. The van der Waals surface area contributed by atoms with Crippen molar-refractivity contribution in [2.75, 3.05) is 6.54 Å². The van der Waals surface area contributed by atoms with E-state index in [1.165, 1.54) is 38.5 Å². The number of carbonyl (C=O) groups is 3. The summed E-state index contributed by atoms with van der Waals surface area (Å²) in [7, 11) is 0. The molecule has 1 aliphatic heterocycles. The van der Waals surface area contributed by atoms with Crippen molar-refractivity contribution in [1.82, 2.24) is 15.5 Å². The molecule has 2 aromatic carbocycles. The zero-order chi connectivity index (χ0) is 24.2. The van der Waals surface area contributed by atoms with Gasteiger partial charge in [0.25, 0.3) is 5.91 Å². The molecule has 0 aromatic heterocycles. The van der Waals surface area contributed by atoms with Gasteiger partial charge in [0.1, 0.15) is 6.54 Å². The molecule has 0 unspecified atom stereocenters. The van der Waals surface area contributed by atoms with Crippen LogP contribution in [0.1, 0.15) is 56.6 Å². The smallest absolute Gasteiger partial charge is 0.326 e. The third kappa shape index (κ3) is 3.57. The lowest BCUT2D eigenvalue weighted by Gasteiger charge is -2.59. The molecule has 4 saturated carbocycles. The van der Waals surface area contributed by atoms with Crippen molar-refractivity contribution < 1.29 is 14.4 Å². The van der Waals surface area contributed by atoms with Crippen LogP contribution in [0.2, 0.25) is 0 Å². The van der Waals surface area contributed by atoms with Crippen LogP contribution in [0, 0.1) is 23.2 Å². The van der Waals surface area contributed by atoms with E-state index in [1.807, 2.05) is 60.7 Å². The fourth-order valence-electron chi connectivity index (χ4n) is 7.95. The molecule has 0 spiro atoms. The molecule has 0 radical (unpaired) electrons. The van der Waals surface area contributed by atoms with Crippen molar-refractivity contribution in [3.05, 3.63) is 71.8 Å². The molecule has 182 valence electrons. The highest BCUT2D eigenvalue weighted by Crippen LogP contribution is 2.61. The number of amides is 4. The van der Waals surface area contributed by atoms with Gasteiger partial charge >= 0.3 is 6.03 Å². The summed E-state index contributed by atoms with van der Waals surface area (Å²) in [6.07, 6.45) is 7.62. The Morgan fingerprint density at radius 1 is 0.914 bits per heavy atom. The maximum absolute atomic E-state index is 13.8. The maximum Gasteiger partial charge on any atom is 0.326 e. The standard InChI is InChI=1S/C29H33N3O3/c1-19(28-15-20-12-21(16-28)14-22(13-20)17-28)30-25(33)18-32-26(34)29(31-27(32)35,23-8-4-2-5-9-23)24-10-6-3-7-11-24/h2-11,19-22H,12-18H2,1H3,(H,30,33)(H,31,35)/t19-,20?,21?,22?,28?/m1/s1. The Kier molecular flexibility index (Phi) is 5.24. The van der Waals surface area contributed by atoms with E-state index in [4.69, 9.17) is 0 Å². The van der Waals surface area contributed by atoms with Gasteiger partial charge in [0, 0.05) is 6.04 Å². The number of hydrogen-bond acceptors (Lipinski definition) is 3. The third-order valence-electron chi connectivity index (χ3n) is 9.20. The zero-order valence-corrected chi connectivity index (χ0v) is 20.2. The second kappa shape index (κ2) is 8.21. The highest BCUT2D eigenvalue weighted by atomic mass is 16.2. The van der Waals surface area contributed by atoms with Gasteiger partial charge in [-0.3, -0.25) is 14.5 Å². The van der Waals surface area contributed by atoms with E-state index in [1.54, 1.807) is 0 Å². The normalized spacial score (nSPS) is 31.3. The van der Waals surface area contributed by atoms with Crippen molar-refractivity contribution in [2.24, 2.45) is 23.2 Å². The fraction of sp³-hybridized carbons (Fsp3) is 0.483. The van der Waals surface area contributed by atoms with Crippen molar-refractivity contribution in [2.45, 2.75) is 57.0 Å². The van der Waals surface area contributed by atoms with Gasteiger partial charge in [0.05, 0.1) is 0 Å². The van der Waals surface area contributed by atoms with E-state index < -0.39 is 17.5 Å². The number of nitrogens with one attached hydrogen (secondary N) is 2. The minimum Gasteiger partial charge on any atom is -0.352 e. The largest absolute Gasteiger partial charge is 0.352 e. The molecule has 5 fully saturated rings. The first-order valence-electron chi connectivity index (χ1n) is 12.9. The van der Waals surface area contributed by atoms with Crippen LogP contribution in [0.4, 0.5) is 4.79 Å². The Hall–Kier alpha value is -3.15. The lowest BCUT2D eigenvalue weighted by molar-refractivity contribution is -0.135. The molecule has 6 heteroatoms. The minimum atomic E-state index is -1.34. The molecule has 1 heterocycles. The number of nitrogens with zero attached hydrogens (tertiary/aromatic N) is 1. The Labute approximate surface area is 206 Å². The first-order chi connectivity index (χ1) is 16.9. The quantitative estimate of drug-likeness (QED) is 0.620. The summed E-state index contributed by atoms with van der Waals surface area (Å²) < 4.78 is 0. The summed E-state index contributed by atoms with van der Waals surface area (Å²) in [5.74, 6) is 1.70. The topological polar surface area (TPSA) is 78.5 Å². The number of urea groups is 1. The molecule has 2 aromatic rings. The Morgan fingerprint density at radius 2 is 1.40 bits per heavy atom. The molecule has 35 heavy (non-hydrogen) atoms. The van der Waals surface area contributed by atoms with Crippen LogP contribution in [-0.4, -0.2) is 35.3 Å². The highest BCUT2D eigenvalue weighted by molar-refractivity contribution is 6.11. The van der Waals surface area contributed by atoms with Crippen molar-refractivity contribution in [1.29, 1.82) is 0 Å². The zero-order valence-electron chi connectivity index (χ0n) is 20.2. The van der Waals surface area contributed by atoms with Gasteiger partial charge in [-0.15, -0.1) is 0 Å². The maximum atomic E-state index is 13.8. The predicted octanol–water partition coefficient (Wildman–Crippen LogP) is 4.20. The molecule has 6 nitrogen and oxygen atoms in total. The third-order valence-corrected chi connectivity index (χ3v) is 9.20. The van der Waals surface area contributed by atoms with Crippen LogP contribution < -0.4 is 10.6 Å². The Bertz CT molecular complexity index is 1070.